The number of aliphatic hydroxyl groups excluding tert-OH is 1. The first-order valence-corrected chi connectivity index (χ1v) is 6.94. The summed E-state index contributed by atoms with van der Waals surface area (Å²) in [5, 5.41) is 14.3. The van der Waals surface area contributed by atoms with E-state index in [9.17, 15) is 9.59 Å². The summed E-state index contributed by atoms with van der Waals surface area (Å²) in [5.41, 5.74) is 0. The van der Waals surface area contributed by atoms with Crippen LogP contribution >= 0.6 is 12.6 Å². The lowest BCUT2D eigenvalue weighted by molar-refractivity contribution is -0.127. The van der Waals surface area contributed by atoms with Crippen molar-refractivity contribution in [1.82, 2.24) is 10.6 Å². The van der Waals surface area contributed by atoms with E-state index in [1.165, 1.54) is 6.92 Å². The van der Waals surface area contributed by atoms with Gasteiger partial charge in [-0.05, 0) is 18.8 Å². The number of rotatable bonds is 9. The number of hydrogen-bond acceptors (Lipinski definition) is 4. The maximum atomic E-state index is 11.8. The summed E-state index contributed by atoms with van der Waals surface area (Å²) in [5.74, 6) is 0.0786. The van der Waals surface area contributed by atoms with Crippen LogP contribution in [0.25, 0.3) is 0 Å². The summed E-state index contributed by atoms with van der Waals surface area (Å²) in [6, 6.07) is -0.595. The van der Waals surface area contributed by atoms with Gasteiger partial charge in [0, 0.05) is 25.8 Å². The molecule has 0 radical (unpaired) electrons. The number of carbonyl (C=O) groups excluding carboxylic acids is 2. The molecule has 0 saturated carbocycles. The standard InChI is InChI=1S/C12H24N2O3S/c1-3-4-10(5-6-15)7-13-12(17)11(8-18)14-9(2)16/h10-11,15,18H,3-8H2,1-2H3,(H,13,17)(H,14,16). The van der Waals surface area contributed by atoms with Crippen LogP contribution in [0.5, 0.6) is 0 Å². The minimum Gasteiger partial charge on any atom is -0.396 e. The van der Waals surface area contributed by atoms with Crippen molar-refractivity contribution >= 4 is 24.4 Å². The second-order valence-electron chi connectivity index (χ2n) is 4.35. The zero-order valence-electron chi connectivity index (χ0n) is 11.1. The Morgan fingerprint density at radius 1 is 1.33 bits per heavy atom. The summed E-state index contributed by atoms with van der Waals surface area (Å²) in [7, 11) is 0. The van der Waals surface area contributed by atoms with E-state index in [1.807, 2.05) is 0 Å². The third-order valence-corrected chi connectivity index (χ3v) is 3.04. The molecule has 0 aromatic carbocycles. The van der Waals surface area contributed by atoms with Crippen molar-refractivity contribution in [3.63, 3.8) is 0 Å². The van der Waals surface area contributed by atoms with E-state index >= 15 is 0 Å². The molecule has 0 rings (SSSR count). The summed E-state index contributed by atoms with van der Waals surface area (Å²) < 4.78 is 0. The average Bonchev–Trinajstić information content (AvgIpc) is 2.33. The van der Waals surface area contributed by atoms with Gasteiger partial charge in [-0.25, -0.2) is 0 Å². The van der Waals surface area contributed by atoms with Gasteiger partial charge in [-0.15, -0.1) is 0 Å². The molecule has 2 unspecified atom stereocenters. The third-order valence-electron chi connectivity index (χ3n) is 2.68. The first-order chi connectivity index (χ1) is 8.54. The molecule has 0 aromatic rings. The van der Waals surface area contributed by atoms with E-state index in [4.69, 9.17) is 5.11 Å². The molecule has 6 heteroatoms. The summed E-state index contributed by atoms with van der Waals surface area (Å²) in [6.07, 6.45) is 2.66. The van der Waals surface area contributed by atoms with Crippen molar-refractivity contribution in [3.8, 4) is 0 Å². The van der Waals surface area contributed by atoms with Gasteiger partial charge < -0.3 is 15.7 Å². The van der Waals surface area contributed by atoms with Crippen LogP contribution in [0.1, 0.15) is 33.1 Å². The number of nitrogens with one attached hydrogen (secondary N) is 2. The highest BCUT2D eigenvalue weighted by atomic mass is 32.1. The monoisotopic (exact) mass is 276 g/mol. The van der Waals surface area contributed by atoms with Gasteiger partial charge in [0.15, 0.2) is 0 Å². The molecule has 5 nitrogen and oxygen atoms in total. The van der Waals surface area contributed by atoms with Crippen LogP contribution in [0, 0.1) is 5.92 Å². The van der Waals surface area contributed by atoms with Crippen molar-refractivity contribution in [2.75, 3.05) is 18.9 Å². The van der Waals surface area contributed by atoms with E-state index in [0.29, 0.717) is 13.0 Å². The SMILES string of the molecule is CCCC(CCO)CNC(=O)C(CS)NC(C)=O. The van der Waals surface area contributed by atoms with Gasteiger partial charge in [0.25, 0.3) is 0 Å². The second kappa shape index (κ2) is 10.2. The third kappa shape index (κ3) is 7.55. The highest BCUT2D eigenvalue weighted by molar-refractivity contribution is 7.80. The van der Waals surface area contributed by atoms with E-state index in [1.54, 1.807) is 0 Å². The lowest BCUT2D eigenvalue weighted by Crippen LogP contribution is -2.48. The smallest absolute Gasteiger partial charge is 0.243 e. The lowest BCUT2D eigenvalue weighted by atomic mass is 10.0. The number of carbonyl (C=O) groups is 2. The first kappa shape index (κ1) is 17.2. The Morgan fingerprint density at radius 2 is 2.00 bits per heavy atom. The van der Waals surface area contributed by atoms with Crippen molar-refractivity contribution in [2.45, 2.75) is 39.2 Å². The molecule has 0 bridgehead atoms. The number of hydrogen-bond donors (Lipinski definition) is 4. The Bertz CT molecular complexity index is 256. The quantitative estimate of drug-likeness (QED) is 0.459. The maximum absolute atomic E-state index is 11.8. The molecular weight excluding hydrogens is 252 g/mol. The Labute approximate surface area is 114 Å². The fourth-order valence-corrected chi connectivity index (χ4v) is 2.00. The largest absolute Gasteiger partial charge is 0.396 e. The highest BCUT2D eigenvalue weighted by Gasteiger charge is 2.18. The maximum Gasteiger partial charge on any atom is 0.243 e. The van der Waals surface area contributed by atoms with Gasteiger partial charge in [0.2, 0.25) is 11.8 Å². The molecule has 3 N–H and O–H groups in total. The fraction of sp³-hybridized carbons (Fsp3) is 0.833. The molecule has 0 saturated heterocycles. The Hall–Kier alpha value is -0.750. The number of thiol groups is 1. The number of aliphatic hydroxyl groups is 1. The average molecular weight is 276 g/mol. The predicted octanol–water partition coefficient (Wildman–Crippen LogP) is 0.336. The summed E-state index contributed by atoms with van der Waals surface area (Å²) >= 11 is 4.04. The normalized spacial score (nSPS) is 13.8. The van der Waals surface area contributed by atoms with Crippen LogP contribution in [0.4, 0.5) is 0 Å². The Balaban J connectivity index is 4.14. The molecule has 0 fully saturated rings. The van der Waals surface area contributed by atoms with Crippen molar-refractivity contribution in [3.05, 3.63) is 0 Å². The molecule has 0 aliphatic heterocycles. The van der Waals surface area contributed by atoms with Gasteiger partial charge in [0.1, 0.15) is 6.04 Å². The van der Waals surface area contributed by atoms with Crippen molar-refractivity contribution in [1.29, 1.82) is 0 Å². The molecule has 0 aromatic heterocycles. The van der Waals surface area contributed by atoms with E-state index in [0.717, 1.165) is 12.8 Å². The van der Waals surface area contributed by atoms with Gasteiger partial charge in [-0.1, -0.05) is 13.3 Å². The molecule has 0 aliphatic carbocycles. The van der Waals surface area contributed by atoms with E-state index in [-0.39, 0.29) is 30.1 Å². The molecule has 2 atom stereocenters. The molecule has 0 heterocycles. The van der Waals surface area contributed by atoms with E-state index in [2.05, 4.69) is 30.2 Å². The minimum atomic E-state index is -0.595. The van der Waals surface area contributed by atoms with Crippen molar-refractivity contribution < 1.29 is 14.7 Å². The van der Waals surface area contributed by atoms with Crippen LogP contribution in [0.3, 0.4) is 0 Å². The van der Waals surface area contributed by atoms with Gasteiger partial charge in [-0.3, -0.25) is 9.59 Å². The zero-order chi connectivity index (χ0) is 14.0. The Kier molecular flexibility index (Phi) is 9.77. The Morgan fingerprint density at radius 3 is 2.44 bits per heavy atom. The van der Waals surface area contributed by atoms with Gasteiger partial charge >= 0.3 is 0 Å². The minimum absolute atomic E-state index is 0.127. The van der Waals surface area contributed by atoms with Crippen molar-refractivity contribution in [2.24, 2.45) is 5.92 Å². The topological polar surface area (TPSA) is 78.4 Å². The molecule has 0 spiro atoms. The first-order valence-electron chi connectivity index (χ1n) is 6.31. The van der Waals surface area contributed by atoms with Crippen LogP contribution in [-0.2, 0) is 9.59 Å². The van der Waals surface area contributed by atoms with Gasteiger partial charge in [-0.2, -0.15) is 12.6 Å². The van der Waals surface area contributed by atoms with E-state index < -0.39 is 6.04 Å². The molecule has 0 aliphatic rings. The second-order valence-corrected chi connectivity index (χ2v) is 4.71. The lowest BCUT2D eigenvalue weighted by Gasteiger charge is -2.19. The molecule has 18 heavy (non-hydrogen) atoms. The molecule has 2 amide bonds. The number of amides is 2. The highest BCUT2D eigenvalue weighted by Crippen LogP contribution is 2.09. The van der Waals surface area contributed by atoms with Crippen LogP contribution in [-0.4, -0.2) is 41.9 Å². The molecular formula is C12H24N2O3S. The van der Waals surface area contributed by atoms with Crippen LogP contribution in [0.2, 0.25) is 0 Å². The summed E-state index contributed by atoms with van der Waals surface area (Å²) in [4.78, 5) is 22.7. The fourth-order valence-electron chi connectivity index (χ4n) is 1.75. The van der Waals surface area contributed by atoms with Crippen LogP contribution < -0.4 is 10.6 Å². The van der Waals surface area contributed by atoms with Crippen LogP contribution in [0.15, 0.2) is 0 Å². The van der Waals surface area contributed by atoms with Gasteiger partial charge in [0.05, 0.1) is 0 Å². The molecule has 106 valence electrons. The summed E-state index contributed by atoms with van der Waals surface area (Å²) in [6.45, 7) is 4.09. The predicted molar refractivity (Wildman–Crippen MR) is 74.6 cm³/mol. The zero-order valence-corrected chi connectivity index (χ0v) is 12.0.